The number of carbonyl (C=O) groups is 1. The van der Waals surface area contributed by atoms with Crippen LogP contribution in [-0.2, 0) is 20.4 Å². The Balaban J connectivity index is 2.38. The molecule has 1 heterocycles. The molecule has 140 valence electrons. The number of halogens is 2. The van der Waals surface area contributed by atoms with Crippen molar-refractivity contribution in [2.75, 3.05) is 5.75 Å². The number of rotatable bonds is 7. The van der Waals surface area contributed by atoms with Crippen LogP contribution in [-0.4, -0.2) is 31.2 Å². The zero-order valence-corrected chi connectivity index (χ0v) is 17.3. The van der Waals surface area contributed by atoms with Crippen LogP contribution in [0.3, 0.4) is 0 Å². The molecular weight excluding hydrogens is 415 g/mol. The van der Waals surface area contributed by atoms with E-state index >= 15 is 0 Å². The molecule has 1 aromatic carbocycles. The second kappa shape index (κ2) is 8.99. The van der Waals surface area contributed by atoms with Crippen molar-refractivity contribution < 1.29 is 13.2 Å². The van der Waals surface area contributed by atoms with Gasteiger partial charge in [-0.1, -0.05) is 30.7 Å². The van der Waals surface area contributed by atoms with Crippen LogP contribution in [0.15, 0.2) is 41.5 Å². The molecule has 9 heteroatoms. The Hall–Kier alpha value is -1.41. The second-order valence-corrected chi connectivity index (χ2v) is 10.1. The molecule has 2 aromatic rings. The average Bonchev–Trinajstić information content (AvgIpc) is 3.03. The summed E-state index contributed by atoms with van der Waals surface area (Å²) in [5.74, 6) is -0.363. The Morgan fingerprint density at radius 1 is 1.23 bits per heavy atom. The van der Waals surface area contributed by atoms with E-state index in [1.807, 2.05) is 0 Å². The van der Waals surface area contributed by atoms with E-state index in [-0.39, 0.29) is 11.5 Å². The minimum Gasteiger partial charge on any atom is -0.271 e. The zero-order valence-electron chi connectivity index (χ0n) is 14.2. The highest BCUT2D eigenvalue weighted by Gasteiger charge is 2.16. The third-order valence-electron chi connectivity index (χ3n) is 3.45. The fourth-order valence-corrected chi connectivity index (χ4v) is 4.47. The number of hydrazone groups is 1. The van der Waals surface area contributed by atoms with Crippen molar-refractivity contribution in [2.45, 2.75) is 25.0 Å². The lowest BCUT2D eigenvalue weighted by Crippen LogP contribution is -2.26. The van der Waals surface area contributed by atoms with Gasteiger partial charge in [0.1, 0.15) is 11.1 Å². The van der Waals surface area contributed by atoms with Crippen molar-refractivity contribution in [3.8, 4) is 0 Å². The molecule has 26 heavy (non-hydrogen) atoms. The fourth-order valence-electron chi connectivity index (χ4n) is 1.97. The number of carbonyl (C=O) groups excluding carboxylic acids is 1. The van der Waals surface area contributed by atoms with Gasteiger partial charge in [0.05, 0.1) is 10.6 Å². The molecule has 1 aromatic heterocycles. The molecule has 0 aliphatic heterocycles. The number of thiophene rings is 1. The molecule has 2 rings (SSSR count). The number of nitrogens with zero attached hydrogens (tertiary/aromatic N) is 1. The lowest BCUT2D eigenvalue weighted by molar-refractivity contribution is -0.120. The molecule has 0 spiro atoms. The van der Waals surface area contributed by atoms with Crippen LogP contribution in [0, 0.1) is 0 Å². The van der Waals surface area contributed by atoms with Gasteiger partial charge in [-0.05, 0) is 31.2 Å². The Kier molecular flexibility index (Phi) is 7.23. The summed E-state index contributed by atoms with van der Waals surface area (Å²) in [6.07, 6.45) is 0. The summed E-state index contributed by atoms with van der Waals surface area (Å²) >= 11 is 13.0. The van der Waals surface area contributed by atoms with E-state index in [1.165, 1.54) is 11.3 Å². The third-order valence-corrected chi connectivity index (χ3v) is 6.81. The predicted octanol–water partition coefficient (Wildman–Crippen LogP) is 3.83. The van der Waals surface area contributed by atoms with E-state index in [2.05, 4.69) is 10.5 Å². The number of hydrogen-bond donors (Lipinski definition) is 1. The summed E-state index contributed by atoms with van der Waals surface area (Å²) < 4.78 is 23.7. The molecule has 1 atom stereocenters. The number of amides is 1. The maximum absolute atomic E-state index is 11.8. The fraction of sp³-hybridized carbons (Fsp3) is 0.294. The quantitative estimate of drug-likeness (QED) is 0.410. The maximum Gasteiger partial charge on any atom is 0.257 e. The Morgan fingerprint density at radius 3 is 2.46 bits per heavy atom. The molecule has 0 radical (unpaired) electrons. The molecule has 1 amide bonds. The Labute approximate surface area is 166 Å². The summed E-state index contributed by atoms with van der Waals surface area (Å²) in [4.78, 5) is 13.2. The first kappa shape index (κ1) is 20.9. The molecule has 0 bridgehead atoms. The first-order valence-corrected chi connectivity index (χ1v) is 11.2. The van der Waals surface area contributed by atoms with Crippen LogP contribution >= 0.6 is 34.5 Å². The van der Waals surface area contributed by atoms with Crippen LogP contribution in [0.4, 0.5) is 0 Å². The van der Waals surface area contributed by atoms with Crippen molar-refractivity contribution in [3.63, 3.8) is 0 Å². The largest absolute Gasteiger partial charge is 0.271 e. The first-order valence-electron chi connectivity index (χ1n) is 7.79. The molecule has 0 fully saturated rings. The lowest BCUT2D eigenvalue weighted by atomic mass is 10.1. The number of alkyl halides is 1. The number of nitrogens with one attached hydrogen (secondary N) is 1. The number of hydrogen-bond acceptors (Lipinski definition) is 5. The van der Waals surface area contributed by atoms with Crippen molar-refractivity contribution in [2.24, 2.45) is 5.10 Å². The summed E-state index contributed by atoms with van der Waals surface area (Å²) in [6, 6.07) is 10.5. The highest BCUT2D eigenvalue weighted by Crippen LogP contribution is 2.23. The van der Waals surface area contributed by atoms with E-state index in [9.17, 15) is 13.2 Å². The van der Waals surface area contributed by atoms with Gasteiger partial charge >= 0.3 is 0 Å². The van der Waals surface area contributed by atoms with Gasteiger partial charge in [0.25, 0.3) is 5.91 Å². The topological polar surface area (TPSA) is 75.6 Å². The minimum absolute atomic E-state index is 0.0207. The third kappa shape index (κ3) is 5.81. The molecule has 1 unspecified atom stereocenters. The van der Waals surface area contributed by atoms with Gasteiger partial charge in [-0.25, -0.2) is 13.8 Å². The van der Waals surface area contributed by atoms with Gasteiger partial charge in [0.2, 0.25) is 0 Å². The normalized spacial score (nSPS) is 13.5. The van der Waals surface area contributed by atoms with Gasteiger partial charge in [-0.2, -0.15) is 5.10 Å². The SMILES string of the molecule is CCS(=O)(=O)Cc1ccc(C(=NNC(=O)C(C)Cl)c2ccc(Cl)cc2)s1. The average molecular weight is 433 g/mol. The van der Waals surface area contributed by atoms with Gasteiger partial charge in [0, 0.05) is 21.2 Å². The van der Waals surface area contributed by atoms with Gasteiger partial charge in [-0.15, -0.1) is 22.9 Å². The second-order valence-electron chi connectivity index (χ2n) is 5.50. The van der Waals surface area contributed by atoms with E-state index < -0.39 is 21.1 Å². The van der Waals surface area contributed by atoms with E-state index in [0.717, 1.165) is 10.4 Å². The minimum atomic E-state index is -3.13. The van der Waals surface area contributed by atoms with Crippen LogP contribution in [0.2, 0.25) is 5.02 Å². The predicted molar refractivity (Wildman–Crippen MR) is 108 cm³/mol. The Morgan fingerprint density at radius 2 is 1.88 bits per heavy atom. The van der Waals surface area contributed by atoms with Crippen molar-refractivity contribution >= 4 is 56.0 Å². The van der Waals surface area contributed by atoms with Crippen molar-refractivity contribution in [1.82, 2.24) is 5.43 Å². The van der Waals surface area contributed by atoms with Crippen LogP contribution in [0.1, 0.15) is 29.2 Å². The summed E-state index contributed by atoms with van der Waals surface area (Å²) in [6.45, 7) is 3.17. The first-order chi connectivity index (χ1) is 12.2. The van der Waals surface area contributed by atoms with Crippen LogP contribution < -0.4 is 5.43 Å². The number of sulfone groups is 1. The smallest absolute Gasteiger partial charge is 0.257 e. The van der Waals surface area contributed by atoms with Gasteiger partial charge < -0.3 is 0 Å². The van der Waals surface area contributed by atoms with Gasteiger partial charge in [-0.3, -0.25) is 4.79 Å². The van der Waals surface area contributed by atoms with Crippen molar-refractivity contribution in [3.05, 3.63) is 56.7 Å². The molecule has 0 saturated heterocycles. The highest BCUT2D eigenvalue weighted by atomic mass is 35.5. The molecular formula is C17H18Cl2N2O3S2. The summed E-state index contributed by atoms with van der Waals surface area (Å²) in [5.41, 5.74) is 3.69. The van der Waals surface area contributed by atoms with Crippen molar-refractivity contribution in [1.29, 1.82) is 0 Å². The van der Waals surface area contributed by atoms with Gasteiger partial charge in [0.15, 0.2) is 9.84 Å². The molecule has 5 nitrogen and oxygen atoms in total. The number of benzene rings is 1. The van der Waals surface area contributed by atoms with Crippen LogP contribution in [0.25, 0.3) is 0 Å². The molecule has 0 aliphatic carbocycles. The molecule has 0 saturated carbocycles. The lowest BCUT2D eigenvalue weighted by Gasteiger charge is -2.07. The molecule has 0 aliphatic rings. The summed E-state index contributed by atoms with van der Waals surface area (Å²) in [7, 11) is -3.13. The monoisotopic (exact) mass is 432 g/mol. The Bertz CT molecular complexity index is 904. The highest BCUT2D eigenvalue weighted by molar-refractivity contribution is 7.90. The maximum atomic E-state index is 11.8. The van der Waals surface area contributed by atoms with E-state index in [1.54, 1.807) is 50.2 Å². The zero-order chi connectivity index (χ0) is 19.3. The van der Waals surface area contributed by atoms with E-state index in [4.69, 9.17) is 23.2 Å². The standard InChI is InChI=1S/C17H18Cl2N2O3S2/c1-3-26(23,24)10-14-8-9-15(25-14)16(20-21-17(22)11(2)18)12-4-6-13(19)7-5-12/h4-9,11H,3,10H2,1-2H3,(H,21,22). The molecule has 1 N–H and O–H groups in total. The van der Waals surface area contributed by atoms with Crippen LogP contribution in [0.5, 0.6) is 0 Å². The van der Waals surface area contributed by atoms with E-state index in [0.29, 0.717) is 15.6 Å². The summed E-state index contributed by atoms with van der Waals surface area (Å²) in [5, 5.41) is 4.05.